The minimum atomic E-state index is -4.77. The van der Waals surface area contributed by atoms with Crippen LogP contribution in [0.25, 0.3) is 0 Å². The molecule has 0 aromatic rings. The molecule has 70 heavy (non-hydrogen) atoms. The van der Waals surface area contributed by atoms with Crippen LogP contribution in [0.5, 0.6) is 0 Å². The van der Waals surface area contributed by atoms with E-state index < -0.39 is 64.4 Å². The van der Waals surface area contributed by atoms with E-state index in [1.54, 1.807) is 6.08 Å². The maximum absolute atomic E-state index is 12.9. The molecule has 0 aromatic carbocycles. The first kappa shape index (κ1) is 66.7. The molecule has 402 valence electrons. The lowest BCUT2D eigenvalue weighted by Crippen LogP contribution is -2.30. The van der Waals surface area contributed by atoms with Gasteiger partial charge in [-0.25, -0.2) is 4.57 Å². The van der Waals surface area contributed by atoms with Crippen LogP contribution in [0.1, 0.15) is 226 Å². The molecule has 0 heterocycles. The molecule has 2 N–H and O–H groups in total. The Morgan fingerprint density at radius 3 is 1.24 bits per heavy atom. The zero-order valence-electron chi connectivity index (χ0n) is 44.2. The van der Waals surface area contributed by atoms with Crippen molar-refractivity contribution in [2.75, 3.05) is 26.4 Å². The van der Waals surface area contributed by atoms with Crippen molar-refractivity contribution in [3.8, 4) is 0 Å². The van der Waals surface area contributed by atoms with Gasteiger partial charge in [-0.15, -0.1) is 0 Å². The fourth-order valence-corrected chi connectivity index (χ4v) is 7.95. The maximum Gasteiger partial charge on any atom is 0.472 e. The molecule has 11 nitrogen and oxygen atoms in total. The van der Waals surface area contributed by atoms with E-state index in [1.807, 2.05) is 12.2 Å². The molecule has 0 fully saturated rings. The fourth-order valence-electron chi connectivity index (χ4n) is 7.16. The Morgan fingerprint density at radius 1 is 0.429 bits per heavy atom. The van der Waals surface area contributed by atoms with Crippen LogP contribution < -0.4 is 0 Å². The third-order valence-electron chi connectivity index (χ3n) is 11.3. The van der Waals surface area contributed by atoms with Crippen LogP contribution in [0.15, 0.2) is 85.1 Å². The summed E-state index contributed by atoms with van der Waals surface area (Å²) in [6.07, 6.45) is 58.6. The van der Waals surface area contributed by atoms with Crippen LogP contribution in [0.2, 0.25) is 0 Å². The average Bonchev–Trinajstić information content (AvgIpc) is 3.35. The smallest absolute Gasteiger partial charge is 0.461 e. The zero-order valence-corrected chi connectivity index (χ0v) is 45.1. The predicted octanol–water partition coefficient (Wildman–Crippen LogP) is 15.9. The number of phosphoric acid groups is 1. The third-order valence-corrected chi connectivity index (χ3v) is 12.3. The topological polar surface area (TPSA) is 155 Å². The van der Waals surface area contributed by atoms with Crippen LogP contribution in [-0.2, 0) is 42.2 Å². The lowest BCUT2D eigenvalue weighted by atomic mass is 10.0. The van der Waals surface area contributed by atoms with Crippen LogP contribution >= 0.6 is 7.82 Å². The van der Waals surface area contributed by atoms with Crippen molar-refractivity contribution in [1.29, 1.82) is 0 Å². The van der Waals surface area contributed by atoms with Crippen LogP contribution in [0.4, 0.5) is 0 Å². The lowest BCUT2D eigenvalue weighted by Gasteiger charge is -2.21. The van der Waals surface area contributed by atoms with Crippen LogP contribution in [0, 0.1) is 0 Å². The summed E-state index contributed by atoms with van der Waals surface area (Å²) in [5.41, 5.74) is 0. The molecule has 3 unspecified atom stereocenters. The number of carbonyl (C=O) groups excluding carboxylic acids is 3. The fraction of sp³-hybridized carbons (Fsp3) is 0.707. The Balaban J connectivity index is 4.86. The number of aliphatic hydroxyl groups excluding tert-OH is 1. The van der Waals surface area contributed by atoms with Crippen molar-refractivity contribution in [2.24, 2.45) is 0 Å². The number of phosphoric ester groups is 1. The van der Waals surface area contributed by atoms with Gasteiger partial charge in [0, 0.05) is 12.8 Å². The first-order valence-electron chi connectivity index (χ1n) is 27.5. The third kappa shape index (κ3) is 49.6. The summed E-state index contributed by atoms with van der Waals surface area (Å²) >= 11 is 0. The molecule has 0 saturated carbocycles. The standard InChI is InChI=1S/C58H99O11P/c1-4-7-10-13-16-19-22-25-27-30-32-35-38-41-44-47-56(60)65-51-55(69-58(62)49-46-43-40-37-34-31-28-26-23-20-17-14-11-8-5-2)53-67-70(63,64)66-52-54(50-59)68-57(61)48-45-42-39-36-33-29-24-21-18-15-12-9-6-3/h7,10,16-17,19-20,25-28,32,35,41,44,54-55,59H,4-6,8-9,11-15,18,21-24,29-31,33-34,36-40,42-43,45-53H2,1-3H3,(H,63,64)/b10-7-,19-16-,20-17-,27-25-,28-26-,35-32-,44-41-. The predicted molar refractivity (Wildman–Crippen MR) is 288 cm³/mol. The Labute approximate surface area is 426 Å². The highest BCUT2D eigenvalue weighted by molar-refractivity contribution is 7.47. The van der Waals surface area contributed by atoms with Gasteiger partial charge in [0.2, 0.25) is 0 Å². The van der Waals surface area contributed by atoms with E-state index in [0.29, 0.717) is 19.3 Å². The SMILES string of the molecule is CC/C=C\C/C=C\C/C=C\C/C=C\C/C=C\CC(=O)OCC(COP(=O)(O)OCC(CO)OC(=O)CCCCCCCCCCCCCCC)OC(=O)CCCCCCC/C=C\C/C=C\CCCCC. The summed E-state index contributed by atoms with van der Waals surface area (Å²) in [5, 5.41) is 9.79. The molecule has 0 aromatic heterocycles. The molecule has 0 bridgehead atoms. The van der Waals surface area contributed by atoms with E-state index in [2.05, 4.69) is 87.6 Å². The van der Waals surface area contributed by atoms with E-state index >= 15 is 0 Å². The Kier molecular flexibility index (Phi) is 49.5. The van der Waals surface area contributed by atoms with Crippen molar-refractivity contribution in [3.63, 3.8) is 0 Å². The Morgan fingerprint density at radius 2 is 0.786 bits per heavy atom. The molecule has 0 aliphatic rings. The molecule has 0 aliphatic carbocycles. The maximum atomic E-state index is 12.9. The summed E-state index contributed by atoms with van der Waals surface area (Å²) in [6.45, 7) is 4.37. The van der Waals surface area contributed by atoms with Gasteiger partial charge < -0.3 is 24.2 Å². The minimum absolute atomic E-state index is 0.0107. The molecule has 0 rings (SSSR count). The number of allylic oxidation sites excluding steroid dienone is 13. The van der Waals surface area contributed by atoms with E-state index in [1.165, 1.54) is 77.0 Å². The van der Waals surface area contributed by atoms with Gasteiger partial charge in [-0.1, -0.05) is 215 Å². The number of hydrogen-bond donors (Lipinski definition) is 2. The summed E-state index contributed by atoms with van der Waals surface area (Å²) in [6, 6.07) is 0. The Hall–Kier alpha value is -3.34. The molecule has 3 atom stereocenters. The van der Waals surface area contributed by atoms with Crippen molar-refractivity contribution < 1.29 is 52.2 Å². The molecular weight excluding hydrogens is 904 g/mol. The first-order valence-corrected chi connectivity index (χ1v) is 29.0. The van der Waals surface area contributed by atoms with Gasteiger partial charge in [0.15, 0.2) is 6.10 Å². The van der Waals surface area contributed by atoms with E-state index in [0.717, 1.165) is 89.9 Å². The molecule has 12 heteroatoms. The summed E-state index contributed by atoms with van der Waals surface area (Å²) in [4.78, 5) is 48.3. The second-order valence-electron chi connectivity index (χ2n) is 18.0. The first-order chi connectivity index (χ1) is 34.2. The van der Waals surface area contributed by atoms with Crippen molar-refractivity contribution in [1.82, 2.24) is 0 Å². The minimum Gasteiger partial charge on any atom is -0.461 e. The van der Waals surface area contributed by atoms with Crippen molar-refractivity contribution >= 4 is 25.7 Å². The number of rotatable bonds is 50. The van der Waals surface area contributed by atoms with Crippen LogP contribution in [-0.4, -0.2) is 66.5 Å². The van der Waals surface area contributed by atoms with Crippen molar-refractivity contribution in [2.45, 2.75) is 238 Å². The number of aliphatic hydroxyl groups is 1. The van der Waals surface area contributed by atoms with Gasteiger partial charge in [0.25, 0.3) is 0 Å². The number of esters is 3. The van der Waals surface area contributed by atoms with Gasteiger partial charge in [-0.3, -0.25) is 23.4 Å². The zero-order chi connectivity index (χ0) is 51.3. The number of unbranched alkanes of at least 4 members (excludes halogenated alkanes) is 20. The second kappa shape index (κ2) is 52.0. The molecule has 0 saturated heterocycles. The normalized spacial score (nSPS) is 14.1. The quantitative estimate of drug-likeness (QED) is 0.0197. The highest BCUT2D eigenvalue weighted by Gasteiger charge is 2.28. The molecule has 0 aliphatic heterocycles. The molecule has 0 spiro atoms. The largest absolute Gasteiger partial charge is 0.472 e. The number of ether oxygens (including phenoxy) is 3. The van der Waals surface area contributed by atoms with Gasteiger partial charge >= 0.3 is 25.7 Å². The lowest BCUT2D eigenvalue weighted by molar-refractivity contribution is -0.161. The van der Waals surface area contributed by atoms with Gasteiger partial charge in [0.1, 0.15) is 12.7 Å². The van der Waals surface area contributed by atoms with E-state index in [-0.39, 0.29) is 19.3 Å². The highest BCUT2D eigenvalue weighted by atomic mass is 31.2. The molecule has 0 amide bonds. The summed E-state index contributed by atoms with van der Waals surface area (Å²) in [7, 11) is -4.77. The van der Waals surface area contributed by atoms with Gasteiger partial charge in [-0.05, 0) is 77.0 Å². The molecular formula is C58H99O11P. The summed E-state index contributed by atoms with van der Waals surface area (Å²) in [5.74, 6) is -1.63. The average molecular weight is 1000 g/mol. The van der Waals surface area contributed by atoms with E-state index in [4.69, 9.17) is 23.3 Å². The summed E-state index contributed by atoms with van der Waals surface area (Å²) < 4.78 is 39.3. The number of hydrogen-bond acceptors (Lipinski definition) is 10. The van der Waals surface area contributed by atoms with E-state index in [9.17, 15) is 28.9 Å². The van der Waals surface area contributed by atoms with Crippen LogP contribution in [0.3, 0.4) is 0 Å². The monoisotopic (exact) mass is 1000 g/mol. The number of carbonyl (C=O) groups is 3. The highest BCUT2D eigenvalue weighted by Crippen LogP contribution is 2.43. The Bertz CT molecular complexity index is 1500. The van der Waals surface area contributed by atoms with Crippen molar-refractivity contribution in [3.05, 3.63) is 85.1 Å². The van der Waals surface area contributed by atoms with Gasteiger partial charge in [0.05, 0.1) is 26.2 Å². The molecule has 0 radical (unpaired) electrons. The second-order valence-corrected chi connectivity index (χ2v) is 19.5. The van der Waals surface area contributed by atoms with Gasteiger partial charge in [-0.2, -0.15) is 0 Å².